The van der Waals surface area contributed by atoms with Crippen molar-refractivity contribution in [1.29, 1.82) is 0 Å². The SMILES string of the molecule is Cc1ccc(NCc2cccn2C)c(C)c1O. The van der Waals surface area contributed by atoms with Crippen molar-refractivity contribution in [2.24, 2.45) is 7.05 Å². The minimum absolute atomic E-state index is 0.377. The fourth-order valence-electron chi connectivity index (χ4n) is 1.89. The highest BCUT2D eigenvalue weighted by molar-refractivity contribution is 5.59. The van der Waals surface area contributed by atoms with Crippen molar-refractivity contribution in [3.63, 3.8) is 0 Å². The third kappa shape index (κ3) is 2.28. The van der Waals surface area contributed by atoms with Gasteiger partial charge in [0.25, 0.3) is 0 Å². The van der Waals surface area contributed by atoms with Gasteiger partial charge in [-0.25, -0.2) is 0 Å². The number of aromatic nitrogens is 1. The molecule has 1 heterocycles. The number of anilines is 1. The molecule has 17 heavy (non-hydrogen) atoms. The van der Waals surface area contributed by atoms with Gasteiger partial charge < -0.3 is 15.0 Å². The Balaban J connectivity index is 2.15. The summed E-state index contributed by atoms with van der Waals surface area (Å²) < 4.78 is 2.08. The molecule has 1 aromatic heterocycles. The lowest BCUT2D eigenvalue weighted by atomic mass is 10.1. The Bertz CT molecular complexity index is 529. The van der Waals surface area contributed by atoms with Gasteiger partial charge in [0.2, 0.25) is 0 Å². The molecule has 2 N–H and O–H groups in total. The predicted molar refractivity (Wildman–Crippen MR) is 70.3 cm³/mol. The molecule has 3 heteroatoms. The van der Waals surface area contributed by atoms with Crippen LogP contribution >= 0.6 is 0 Å². The first-order valence-electron chi connectivity index (χ1n) is 5.73. The molecular formula is C14H18N2O. The van der Waals surface area contributed by atoms with E-state index in [0.717, 1.165) is 23.4 Å². The topological polar surface area (TPSA) is 37.2 Å². The van der Waals surface area contributed by atoms with Gasteiger partial charge >= 0.3 is 0 Å². The number of nitrogens with one attached hydrogen (secondary N) is 1. The van der Waals surface area contributed by atoms with Crippen molar-refractivity contribution in [2.45, 2.75) is 20.4 Å². The second kappa shape index (κ2) is 4.53. The van der Waals surface area contributed by atoms with Crippen LogP contribution in [0.3, 0.4) is 0 Å². The van der Waals surface area contributed by atoms with E-state index in [1.807, 2.05) is 45.3 Å². The van der Waals surface area contributed by atoms with Crippen molar-refractivity contribution < 1.29 is 5.11 Å². The third-order valence-corrected chi connectivity index (χ3v) is 3.14. The molecule has 1 aromatic carbocycles. The minimum atomic E-state index is 0.377. The minimum Gasteiger partial charge on any atom is -0.507 e. The van der Waals surface area contributed by atoms with E-state index in [1.165, 1.54) is 5.69 Å². The summed E-state index contributed by atoms with van der Waals surface area (Å²) in [5, 5.41) is 13.2. The fraction of sp³-hybridized carbons (Fsp3) is 0.286. The molecule has 0 spiro atoms. The highest BCUT2D eigenvalue weighted by Crippen LogP contribution is 2.28. The molecule has 3 nitrogen and oxygen atoms in total. The summed E-state index contributed by atoms with van der Waals surface area (Å²) in [6.07, 6.45) is 2.02. The van der Waals surface area contributed by atoms with Crippen LogP contribution in [0.15, 0.2) is 30.5 Å². The summed E-state index contributed by atoms with van der Waals surface area (Å²) in [5.74, 6) is 0.377. The molecule has 0 radical (unpaired) electrons. The lowest BCUT2D eigenvalue weighted by molar-refractivity contribution is 0.467. The maximum Gasteiger partial charge on any atom is 0.123 e. The number of phenols is 1. The van der Waals surface area contributed by atoms with Gasteiger partial charge in [-0.15, -0.1) is 0 Å². The van der Waals surface area contributed by atoms with Crippen LogP contribution in [-0.4, -0.2) is 9.67 Å². The molecule has 0 unspecified atom stereocenters. The van der Waals surface area contributed by atoms with Crippen LogP contribution in [0, 0.1) is 13.8 Å². The van der Waals surface area contributed by atoms with E-state index < -0.39 is 0 Å². The van der Waals surface area contributed by atoms with E-state index in [4.69, 9.17) is 0 Å². The Labute approximate surface area is 102 Å². The first kappa shape index (κ1) is 11.6. The Morgan fingerprint density at radius 2 is 2.00 bits per heavy atom. The zero-order chi connectivity index (χ0) is 12.4. The summed E-state index contributed by atoms with van der Waals surface area (Å²) >= 11 is 0. The van der Waals surface area contributed by atoms with Gasteiger partial charge in [-0.1, -0.05) is 6.07 Å². The van der Waals surface area contributed by atoms with Gasteiger partial charge in [-0.2, -0.15) is 0 Å². The Morgan fingerprint density at radius 1 is 1.24 bits per heavy atom. The summed E-state index contributed by atoms with van der Waals surface area (Å²) in [6, 6.07) is 8.04. The van der Waals surface area contributed by atoms with Crippen LogP contribution in [0.1, 0.15) is 16.8 Å². The summed E-state index contributed by atoms with van der Waals surface area (Å²) in [4.78, 5) is 0. The number of benzene rings is 1. The molecule has 0 amide bonds. The van der Waals surface area contributed by atoms with Crippen LogP contribution in [0.5, 0.6) is 5.75 Å². The average Bonchev–Trinajstić information content (AvgIpc) is 2.71. The highest BCUT2D eigenvalue weighted by Gasteiger charge is 2.06. The summed E-state index contributed by atoms with van der Waals surface area (Å²) in [7, 11) is 2.02. The van der Waals surface area contributed by atoms with Crippen molar-refractivity contribution in [3.8, 4) is 5.75 Å². The van der Waals surface area contributed by atoms with Gasteiger partial charge in [0, 0.05) is 30.2 Å². The van der Waals surface area contributed by atoms with E-state index >= 15 is 0 Å². The molecule has 0 saturated carbocycles. The standard InChI is InChI=1S/C14H18N2O/c1-10-6-7-13(11(2)14(10)17)15-9-12-5-4-8-16(12)3/h4-8,15,17H,9H2,1-3H3. The normalized spacial score (nSPS) is 10.5. The first-order valence-corrected chi connectivity index (χ1v) is 5.73. The number of nitrogens with zero attached hydrogens (tertiary/aromatic N) is 1. The average molecular weight is 230 g/mol. The molecule has 2 rings (SSSR count). The Morgan fingerprint density at radius 3 is 2.65 bits per heavy atom. The predicted octanol–water partition coefficient (Wildman–Crippen LogP) is 2.96. The van der Waals surface area contributed by atoms with E-state index in [9.17, 15) is 5.11 Å². The number of hydrogen-bond acceptors (Lipinski definition) is 2. The maximum absolute atomic E-state index is 9.85. The molecule has 0 aliphatic carbocycles. The van der Waals surface area contributed by atoms with Gasteiger partial charge in [0.1, 0.15) is 5.75 Å². The largest absolute Gasteiger partial charge is 0.507 e. The van der Waals surface area contributed by atoms with Crippen LogP contribution in [0.4, 0.5) is 5.69 Å². The highest BCUT2D eigenvalue weighted by atomic mass is 16.3. The van der Waals surface area contributed by atoms with E-state index in [1.54, 1.807) is 0 Å². The number of aromatic hydroxyl groups is 1. The number of phenolic OH excluding ortho intramolecular Hbond substituents is 1. The number of aryl methyl sites for hydroxylation is 2. The fourth-order valence-corrected chi connectivity index (χ4v) is 1.89. The molecule has 0 saturated heterocycles. The molecular weight excluding hydrogens is 212 g/mol. The molecule has 0 aliphatic rings. The van der Waals surface area contributed by atoms with Crippen LogP contribution in [0.25, 0.3) is 0 Å². The van der Waals surface area contributed by atoms with Crippen molar-refractivity contribution in [1.82, 2.24) is 4.57 Å². The van der Waals surface area contributed by atoms with Crippen LogP contribution < -0.4 is 5.32 Å². The second-order valence-electron chi connectivity index (χ2n) is 4.37. The smallest absolute Gasteiger partial charge is 0.123 e. The zero-order valence-electron chi connectivity index (χ0n) is 10.5. The Hall–Kier alpha value is -1.90. The van der Waals surface area contributed by atoms with Crippen molar-refractivity contribution in [2.75, 3.05) is 5.32 Å². The molecule has 0 fully saturated rings. The van der Waals surface area contributed by atoms with Crippen LogP contribution in [0.2, 0.25) is 0 Å². The monoisotopic (exact) mass is 230 g/mol. The number of hydrogen-bond donors (Lipinski definition) is 2. The summed E-state index contributed by atoms with van der Waals surface area (Å²) in [6.45, 7) is 4.59. The zero-order valence-corrected chi connectivity index (χ0v) is 10.5. The Kier molecular flexibility index (Phi) is 3.09. The lowest BCUT2D eigenvalue weighted by Crippen LogP contribution is -2.05. The van der Waals surface area contributed by atoms with Gasteiger partial charge in [-0.3, -0.25) is 0 Å². The molecule has 0 bridgehead atoms. The van der Waals surface area contributed by atoms with E-state index in [-0.39, 0.29) is 0 Å². The van der Waals surface area contributed by atoms with Gasteiger partial charge in [-0.05, 0) is 37.6 Å². The van der Waals surface area contributed by atoms with Gasteiger partial charge in [0.15, 0.2) is 0 Å². The van der Waals surface area contributed by atoms with Crippen molar-refractivity contribution >= 4 is 5.69 Å². The van der Waals surface area contributed by atoms with E-state index in [0.29, 0.717) is 5.75 Å². The molecule has 0 aliphatic heterocycles. The maximum atomic E-state index is 9.85. The second-order valence-corrected chi connectivity index (χ2v) is 4.37. The van der Waals surface area contributed by atoms with Crippen LogP contribution in [-0.2, 0) is 13.6 Å². The van der Waals surface area contributed by atoms with Crippen molar-refractivity contribution in [3.05, 3.63) is 47.3 Å². The molecule has 2 aromatic rings. The number of rotatable bonds is 3. The summed E-state index contributed by atoms with van der Waals surface area (Å²) in [5.41, 5.74) is 4.00. The lowest BCUT2D eigenvalue weighted by Gasteiger charge is -2.12. The third-order valence-electron chi connectivity index (χ3n) is 3.14. The molecule has 0 atom stereocenters. The molecule has 90 valence electrons. The quantitative estimate of drug-likeness (QED) is 0.850. The van der Waals surface area contributed by atoms with Gasteiger partial charge in [0.05, 0.1) is 6.54 Å². The first-order chi connectivity index (χ1) is 8.09. The van der Waals surface area contributed by atoms with E-state index in [2.05, 4.69) is 16.0 Å².